The normalized spacial score (nSPS) is 13.4. The Morgan fingerprint density at radius 1 is 0.935 bits per heavy atom. The molecule has 0 aliphatic heterocycles. The molecule has 1 atom stereocenters. The molecule has 0 heterocycles. The summed E-state index contributed by atoms with van der Waals surface area (Å²) in [7, 11) is 1.69. The first-order chi connectivity index (χ1) is 15.0. The molecule has 0 saturated carbocycles. The van der Waals surface area contributed by atoms with Gasteiger partial charge in [-0.05, 0) is 0 Å². The van der Waals surface area contributed by atoms with Gasteiger partial charge in [0.2, 0.25) is 0 Å². The number of allylic oxidation sites excluding steroid dienone is 1. The molecule has 0 aliphatic carbocycles. The molecule has 3 nitrogen and oxygen atoms in total. The zero-order valence-electron chi connectivity index (χ0n) is 20.9. The van der Waals surface area contributed by atoms with E-state index in [1.165, 1.54) is 57.4 Å². The summed E-state index contributed by atoms with van der Waals surface area (Å²) in [5, 5.41) is 10.3. The fourth-order valence-corrected chi connectivity index (χ4v) is 21.9. The molecule has 31 heavy (non-hydrogen) atoms. The van der Waals surface area contributed by atoms with Gasteiger partial charge in [-0.2, -0.15) is 0 Å². The quantitative estimate of drug-likeness (QED) is 0.154. The van der Waals surface area contributed by atoms with Crippen LogP contribution in [0.2, 0.25) is 13.3 Å². The van der Waals surface area contributed by atoms with Crippen molar-refractivity contribution in [3.05, 3.63) is 39.5 Å². The van der Waals surface area contributed by atoms with Gasteiger partial charge in [-0.15, -0.1) is 0 Å². The van der Waals surface area contributed by atoms with Gasteiger partial charge in [0.25, 0.3) is 0 Å². The van der Waals surface area contributed by atoms with Crippen molar-refractivity contribution in [2.45, 2.75) is 105 Å². The second-order valence-corrected chi connectivity index (χ2v) is 22.5. The summed E-state index contributed by atoms with van der Waals surface area (Å²) in [6, 6.07) is 8.11. The summed E-state index contributed by atoms with van der Waals surface area (Å²) in [5.74, 6) is 0.881. The van der Waals surface area contributed by atoms with Crippen molar-refractivity contribution < 1.29 is 14.6 Å². The van der Waals surface area contributed by atoms with Crippen LogP contribution in [-0.4, -0.2) is 43.3 Å². The number of unbranched alkanes of at least 4 members (excludes halogenated alkanes) is 3. The van der Waals surface area contributed by atoms with Crippen molar-refractivity contribution in [2.75, 3.05) is 13.7 Å². The number of aliphatic hydroxyl groups is 1. The predicted molar refractivity (Wildman–Crippen MR) is 137 cm³/mol. The summed E-state index contributed by atoms with van der Waals surface area (Å²) >= 11 is -2.47. The second-order valence-electron chi connectivity index (χ2n) is 9.03. The van der Waals surface area contributed by atoms with E-state index in [4.69, 9.17) is 9.47 Å². The van der Waals surface area contributed by atoms with Gasteiger partial charge in [0.1, 0.15) is 0 Å². The van der Waals surface area contributed by atoms with Crippen molar-refractivity contribution in [1.82, 2.24) is 0 Å². The number of rotatable bonds is 18. The fourth-order valence-electron chi connectivity index (χ4n) is 4.50. The number of ether oxygens (including phenoxy) is 2. The molecule has 1 N–H and O–H groups in total. The minimum absolute atomic E-state index is 0.337. The van der Waals surface area contributed by atoms with Crippen LogP contribution in [0.15, 0.2) is 33.9 Å². The molecule has 0 fully saturated rings. The van der Waals surface area contributed by atoms with E-state index >= 15 is 0 Å². The van der Waals surface area contributed by atoms with Crippen molar-refractivity contribution in [3.8, 4) is 5.75 Å². The Morgan fingerprint density at radius 2 is 1.48 bits per heavy atom. The molecule has 0 aliphatic rings. The monoisotopic (exact) mass is 540 g/mol. The molecule has 0 aromatic heterocycles. The van der Waals surface area contributed by atoms with E-state index in [0.717, 1.165) is 25.2 Å². The number of methoxy groups -OCH3 is 1. The van der Waals surface area contributed by atoms with Crippen molar-refractivity contribution in [1.29, 1.82) is 0 Å². The molecule has 0 amide bonds. The van der Waals surface area contributed by atoms with Gasteiger partial charge in [-0.25, -0.2) is 0 Å². The van der Waals surface area contributed by atoms with Gasteiger partial charge in [-0.1, -0.05) is 0 Å². The average molecular weight is 539 g/mol. The Morgan fingerprint density at radius 3 is 1.94 bits per heavy atom. The van der Waals surface area contributed by atoms with E-state index in [1.807, 2.05) is 19.1 Å². The van der Waals surface area contributed by atoms with Gasteiger partial charge >= 0.3 is 197 Å². The van der Waals surface area contributed by atoms with E-state index in [0.29, 0.717) is 6.61 Å². The maximum absolute atomic E-state index is 10.3. The zero-order valence-corrected chi connectivity index (χ0v) is 23.8. The van der Waals surface area contributed by atoms with Crippen molar-refractivity contribution in [3.63, 3.8) is 0 Å². The molecule has 0 saturated heterocycles. The Labute approximate surface area is 196 Å². The molecule has 1 aromatic rings. The third-order valence-corrected chi connectivity index (χ3v) is 22.6. The van der Waals surface area contributed by atoms with Crippen LogP contribution < -0.4 is 4.74 Å². The van der Waals surface area contributed by atoms with Crippen LogP contribution in [0.25, 0.3) is 0 Å². The first-order valence-corrected chi connectivity index (χ1v) is 20.1. The summed E-state index contributed by atoms with van der Waals surface area (Å²) in [6.07, 6.45) is 12.0. The maximum atomic E-state index is 10.3. The first-order valence-electron chi connectivity index (χ1n) is 12.6. The van der Waals surface area contributed by atoms with Crippen LogP contribution in [0.4, 0.5) is 0 Å². The van der Waals surface area contributed by atoms with E-state index in [-0.39, 0.29) is 6.10 Å². The van der Waals surface area contributed by atoms with E-state index < -0.39 is 18.4 Å². The second kappa shape index (κ2) is 17.0. The number of benzene rings is 1. The number of hydrogen-bond acceptors (Lipinski definition) is 3. The topological polar surface area (TPSA) is 38.7 Å². The van der Waals surface area contributed by atoms with Gasteiger partial charge in [0, 0.05) is 0 Å². The third-order valence-electron chi connectivity index (χ3n) is 6.31. The molecule has 0 bridgehead atoms. The Balaban J connectivity index is 2.78. The van der Waals surface area contributed by atoms with E-state index in [2.05, 4.69) is 39.0 Å². The Hall–Kier alpha value is -0.521. The molecular weight excluding hydrogens is 491 g/mol. The van der Waals surface area contributed by atoms with Crippen LogP contribution in [0.1, 0.15) is 84.6 Å². The summed E-state index contributed by atoms with van der Waals surface area (Å²) in [6.45, 7) is 10.3. The molecule has 0 spiro atoms. The van der Waals surface area contributed by atoms with E-state index in [9.17, 15) is 5.11 Å². The van der Waals surface area contributed by atoms with Gasteiger partial charge < -0.3 is 0 Å². The van der Waals surface area contributed by atoms with Crippen LogP contribution in [0.3, 0.4) is 0 Å². The van der Waals surface area contributed by atoms with Crippen molar-refractivity contribution >= 4 is 18.4 Å². The zero-order chi connectivity index (χ0) is 23.0. The molecular formula is C27H48O3Sn. The van der Waals surface area contributed by atoms with Gasteiger partial charge in [0.15, 0.2) is 0 Å². The first kappa shape index (κ1) is 28.5. The number of aliphatic hydroxyl groups excluding tert-OH is 1. The molecule has 0 radical (unpaired) electrons. The summed E-state index contributed by atoms with van der Waals surface area (Å²) in [5.41, 5.74) is 1.18. The van der Waals surface area contributed by atoms with Crippen LogP contribution in [0.5, 0.6) is 5.75 Å². The molecule has 4 heteroatoms. The van der Waals surface area contributed by atoms with Crippen molar-refractivity contribution in [2.24, 2.45) is 0 Å². The Bertz CT molecular complexity index is 573. The van der Waals surface area contributed by atoms with Crippen LogP contribution >= 0.6 is 0 Å². The molecule has 1 aromatic carbocycles. The average Bonchev–Trinajstić information content (AvgIpc) is 2.78. The summed E-state index contributed by atoms with van der Waals surface area (Å²) in [4.78, 5) is 0. The predicted octanol–water partition coefficient (Wildman–Crippen LogP) is 7.69. The number of hydrogen-bond donors (Lipinski definition) is 1. The Kier molecular flexibility index (Phi) is 15.7. The van der Waals surface area contributed by atoms with Gasteiger partial charge in [0.05, 0.1) is 0 Å². The van der Waals surface area contributed by atoms with Crippen LogP contribution in [0, 0.1) is 0 Å². The molecule has 1 rings (SSSR count). The molecule has 178 valence electrons. The summed E-state index contributed by atoms with van der Waals surface area (Å²) < 4.78 is 17.3. The third kappa shape index (κ3) is 11.3. The van der Waals surface area contributed by atoms with Crippen LogP contribution in [-0.2, 0) is 11.3 Å². The fraction of sp³-hybridized carbons (Fsp3) is 0.704. The SMILES string of the molecule is CCC[CH2][Sn]([CH2]CCC)([CH2]CCC)/[C](=C/C(C)O)CCCOCc1ccc(OC)cc1. The standard InChI is InChI=1S/C15H21O3.3C4H9.Sn/c1-13(16)6-4-3-5-11-18-12-14-7-9-15(17-2)10-8-14;3*1-3-4-2;/h6-10,13,16H,3,5,11-12H2,1-2H3;3*1,3-4H2,2H3;. The van der Waals surface area contributed by atoms with Gasteiger partial charge in [-0.3, -0.25) is 0 Å². The van der Waals surface area contributed by atoms with E-state index in [1.54, 1.807) is 10.7 Å². The molecule has 1 unspecified atom stereocenters. The minimum atomic E-state index is -2.47.